The predicted octanol–water partition coefficient (Wildman–Crippen LogP) is 1.46. The Morgan fingerprint density at radius 1 is 1.50 bits per heavy atom. The summed E-state index contributed by atoms with van der Waals surface area (Å²) in [5, 5.41) is 0. The maximum atomic E-state index is 12.2. The van der Waals surface area contributed by atoms with E-state index in [-0.39, 0.29) is 5.78 Å². The molecular weight excluding hydrogens is 228 g/mol. The van der Waals surface area contributed by atoms with Gasteiger partial charge in [0.05, 0.1) is 19.3 Å². The van der Waals surface area contributed by atoms with Crippen molar-refractivity contribution in [1.29, 1.82) is 0 Å². The van der Waals surface area contributed by atoms with E-state index < -0.39 is 0 Å². The van der Waals surface area contributed by atoms with Crippen molar-refractivity contribution >= 4 is 5.78 Å². The van der Waals surface area contributed by atoms with E-state index in [9.17, 15) is 4.79 Å². The lowest BCUT2D eigenvalue weighted by atomic mass is 10.1. The van der Waals surface area contributed by atoms with Gasteiger partial charge in [-0.15, -0.1) is 0 Å². The predicted molar refractivity (Wildman–Crippen MR) is 68.7 cm³/mol. The average Bonchev–Trinajstić information content (AvgIpc) is 2.97. The van der Waals surface area contributed by atoms with Gasteiger partial charge in [-0.1, -0.05) is 0 Å². The molecule has 18 heavy (non-hydrogen) atoms. The van der Waals surface area contributed by atoms with Crippen LogP contribution in [-0.4, -0.2) is 47.1 Å². The molecule has 2 atom stereocenters. The van der Waals surface area contributed by atoms with Crippen molar-refractivity contribution < 1.29 is 9.53 Å². The molecule has 2 fully saturated rings. The van der Waals surface area contributed by atoms with E-state index in [0.29, 0.717) is 18.7 Å². The molecule has 98 valence electrons. The van der Waals surface area contributed by atoms with Crippen molar-refractivity contribution in [1.82, 2.24) is 9.47 Å². The van der Waals surface area contributed by atoms with Crippen LogP contribution >= 0.6 is 0 Å². The van der Waals surface area contributed by atoms with E-state index in [1.54, 1.807) is 0 Å². The lowest BCUT2D eigenvalue weighted by molar-refractivity contribution is -0.0522. The number of nitrogens with zero attached hydrogens (tertiary/aromatic N) is 2. The zero-order valence-electron chi connectivity index (χ0n) is 10.8. The number of carbonyl (C=O) groups is 1. The highest BCUT2D eigenvalue weighted by Gasteiger charge is 2.36. The molecule has 1 aliphatic carbocycles. The van der Waals surface area contributed by atoms with Crippen molar-refractivity contribution in [3.63, 3.8) is 0 Å². The summed E-state index contributed by atoms with van der Waals surface area (Å²) in [6.45, 7) is 2.19. The van der Waals surface area contributed by atoms with E-state index >= 15 is 0 Å². The van der Waals surface area contributed by atoms with Crippen molar-refractivity contribution in [2.24, 2.45) is 7.05 Å². The van der Waals surface area contributed by atoms with Gasteiger partial charge in [-0.05, 0) is 25.3 Å². The number of hydrogen-bond acceptors (Lipinski definition) is 3. The second-order valence-electron chi connectivity index (χ2n) is 5.37. The number of carbonyl (C=O) groups excluding carboxylic acids is 1. The lowest BCUT2D eigenvalue weighted by Gasteiger charge is -2.37. The number of fused-ring (bicyclic) bond motifs is 1. The van der Waals surface area contributed by atoms with Gasteiger partial charge in [-0.2, -0.15) is 0 Å². The van der Waals surface area contributed by atoms with Crippen molar-refractivity contribution in [2.45, 2.75) is 31.4 Å². The van der Waals surface area contributed by atoms with Gasteiger partial charge in [-0.3, -0.25) is 9.69 Å². The molecule has 2 heterocycles. The second kappa shape index (κ2) is 4.86. The third-order valence-corrected chi connectivity index (χ3v) is 4.10. The number of hydrogen-bond donors (Lipinski definition) is 0. The Bertz CT molecular complexity index is 441. The van der Waals surface area contributed by atoms with Crippen LogP contribution in [0.5, 0.6) is 0 Å². The molecule has 2 unspecified atom stereocenters. The molecule has 1 saturated heterocycles. The molecule has 4 nitrogen and oxygen atoms in total. The highest BCUT2D eigenvalue weighted by atomic mass is 16.5. The normalized spacial score (nSPS) is 28.3. The third kappa shape index (κ3) is 2.22. The Balaban J connectivity index is 1.66. The first-order valence-electron chi connectivity index (χ1n) is 6.75. The highest BCUT2D eigenvalue weighted by Crippen LogP contribution is 2.29. The molecule has 0 spiro atoms. The van der Waals surface area contributed by atoms with Crippen molar-refractivity contribution in [3.05, 3.63) is 24.0 Å². The van der Waals surface area contributed by atoms with Gasteiger partial charge in [0, 0.05) is 37.6 Å². The molecule has 1 aromatic heterocycles. The standard InChI is InChI=1S/C14H20N2O2/c1-15-6-5-11(9-15)13(17)10-16-7-8-18-14-4-2-3-12(14)16/h5-6,9,12,14H,2-4,7-8,10H2,1H3. The van der Waals surface area contributed by atoms with Gasteiger partial charge in [0.2, 0.25) is 0 Å². The van der Waals surface area contributed by atoms with Crippen LogP contribution in [0.25, 0.3) is 0 Å². The number of morpholine rings is 1. The van der Waals surface area contributed by atoms with E-state index in [1.165, 1.54) is 12.8 Å². The fourth-order valence-corrected chi connectivity index (χ4v) is 3.15. The SMILES string of the molecule is Cn1ccc(C(=O)CN2CCOC3CCCC32)c1. The third-order valence-electron chi connectivity index (χ3n) is 4.10. The largest absolute Gasteiger partial charge is 0.375 e. The summed E-state index contributed by atoms with van der Waals surface area (Å²) >= 11 is 0. The summed E-state index contributed by atoms with van der Waals surface area (Å²) < 4.78 is 7.69. The number of Topliss-reactive ketones (excluding diaryl/α,β-unsaturated/α-hetero) is 1. The first kappa shape index (κ1) is 11.9. The number of aryl methyl sites for hydroxylation is 1. The van der Waals surface area contributed by atoms with E-state index in [1.807, 2.05) is 30.1 Å². The molecule has 0 aromatic carbocycles. The van der Waals surface area contributed by atoms with Gasteiger partial charge < -0.3 is 9.30 Å². The maximum Gasteiger partial charge on any atom is 0.178 e. The molecule has 1 saturated carbocycles. The minimum atomic E-state index is 0.225. The molecule has 3 rings (SSSR count). The number of ketones is 1. The monoisotopic (exact) mass is 248 g/mol. The van der Waals surface area contributed by atoms with Crippen LogP contribution in [0.3, 0.4) is 0 Å². The molecule has 0 N–H and O–H groups in total. The zero-order valence-corrected chi connectivity index (χ0v) is 10.8. The van der Waals surface area contributed by atoms with Crippen LogP contribution in [-0.2, 0) is 11.8 Å². The molecule has 0 radical (unpaired) electrons. The summed E-state index contributed by atoms with van der Waals surface area (Å²) in [5.74, 6) is 0.225. The van der Waals surface area contributed by atoms with Gasteiger partial charge >= 0.3 is 0 Å². The Hall–Kier alpha value is -1.13. The number of ether oxygens (including phenoxy) is 1. The zero-order chi connectivity index (χ0) is 12.5. The highest BCUT2D eigenvalue weighted by molar-refractivity contribution is 5.97. The Morgan fingerprint density at radius 2 is 2.39 bits per heavy atom. The number of rotatable bonds is 3. The molecular formula is C14H20N2O2. The second-order valence-corrected chi connectivity index (χ2v) is 5.37. The molecule has 0 bridgehead atoms. The van der Waals surface area contributed by atoms with Gasteiger partial charge in [0.1, 0.15) is 0 Å². The van der Waals surface area contributed by atoms with Crippen molar-refractivity contribution in [2.75, 3.05) is 19.7 Å². The van der Waals surface area contributed by atoms with Crippen LogP contribution in [0.15, 0.2) is 18.5 Å². The van der Waals surface area contributed by atoms with Gasteiger partial charge in [0.15, 0.2) is 5.78 Å². The molecule has 2 aliphatic rings. The quantitative estimate of drug-likeness (QED) is 0.760. The van der Waals surface area contributed by atoms with Crippen LogP contribution in [0.2, 0.25) is 0 Å². The molecule has 1 aliphatic heterocycles. The average molecular weight is 248 g/mol. The molecule has 0 amide bonds. The molecule has 4 heteroatoms. The summed E-state index contributed by atoms with van der Waals surface area (Å²) in [6, 6.07) is 2.36. The molecule has 1 aromatic rings. The fraction of sp³-hybridized carbons (Fsp3) is 0.643. The van der Waals surface area contributed by atoms with Gasteiger partial charge in [-0.25, -0.2) is 0 Å². The van der Waals surface area contributed by atoms with Crippen LogP contribution in [0.1, 0.15) is 29.6 Å². The van der Waals surface area contributed by atoms with Crippen LogP contribution in [0, 0.1) is 0 Å². The van der Waals surface area contributed by atoms with E-state index in [0.717, 1.165) is 25.1 Å². The van der Waals surface area contributed by atoms with Crippen LogP contribution in [0.4, 0.5) is 0 Å². The van der Waals surface area contributed by atoms with E-state index in [4.69, 9.17) is 4.74 Å². The summed E-state index contributed by atoms with van der Waals surface area (Å²) in [4.78, 5) is 14.5. The Kier molecular flexibility index (Phi) is 3.22. The maximum absolute atomic E-state index is 12.2. The van der Waals surface area contributed by atoms with Crippen LogP contribution < -0.4 is 0 Å². The smallest absolute Gasteiger partial charge is 0.178 e. The Morgan fingerprint density at radius 3 is 3.17 bits per heavy atom. The minimum Gasteiger partial charge on any atom is -0.375 e. The first-order chi connectivity index (χ1) is 8.74. The minimum absolute atomic E-state index is 0.225. The van der Waals surface area contributed by atoms with E-state index in [2.05, 4.69) is 4.90 Å². The number of aromatic nitrogens is 1. The summed E-state index contributed by atoms with van der Waals surface area (Å²) in [6.07, 6.45) is 7.74. The van der Waals surface area contributed by atoms with Gasteiger partial charge in [0.25, 0.3) is 0 Å². The topological polar surface area (TPSA) is 34.5 Å². The summed E-state index contributed by atoms with van der Waals surface area (Å²) in [7, 11) is 1.94. The van der Waals surface area contributed by atoms with Crippen molar-refractivity contribution in [3.8, 4) is 0 Å². The first-order valence-corrected chi connectivity index (χ1v) is 6.75. The Labute approximate surface area is 108 Å². The fourth-order valence-electron chi connectivity index (χ4n) is 3.15. The lowest BCUT2D eigenvalue weighted by Crippen LogP contribution is -2.50. The summed E-state index contributed by atoms with van der Waals surface area (Å²) in [5.41, 5.74) is 0.818.